The van der Waals surface area contributed by atoms with E-state index in [1.165, 1.54) is 4.31 Å². The molecule has 150 valence electrons. The first-order valence-corrected chi connectivity index (χ1v) is 11.8. The normalized spacial score (nSPS) is 22.1. The molecule has 0 N–H and O–H groups in total. The van der Waals surface area contributed by atoms with E-state index < -0.39 is 10.0 Å². The molecule has 2 aromatic rings. The van der Waals surface area contributed by atoms with E-state index in [0.717, 1.165) is 23.5 Å². The van der Waals surface area contributed by atoms with E-state index in [2.05, 4.69) is 9.88 Å². The van der Waals surface area contributed by atoms with Gasteiger partial charge in [-0.15, -0.1) is 11.3 Å². The fourth-order valence-electron chi connectivity index (χ4n) is 3.72. The van der Waals surface area contributed by atoms with Gasteiger partial charge in [0.15, 0.2) is 0 Å². The summed E-state index contributed by atoms with van der Waals surface area (Å²) in [5.74, 6) is 0.104. The molecule has 0 bridgehead atoms. The van der Waals surface area contributed by atoms with Crippen LogP contribution in [0.5, 0.6) is 0 Å². The highest BCUT2D eigenvalue weighted by Crippen LogP contribution is 2.29. The third-order valence-corrected chi connectivity index (χ3v) is 8.80. The highest BCUT2D eigenvalue weighted by atomic mass is 35.5. The van der Waals surface area contributed by atoms with E-state index in [4.69, 9.17) is 11.6 Å². The first-order chi connectivity index (χ1) is 13.4. The van der Waals surface area contributed by atoms with E-state index in [0.29, 0.717) is 43.6 Å². The largest absolute Gasteiger partial charge is 0.335 e. The summed E-state index contributed by atoms with van der Waals surface area (Å²) in [4.78, 5) is 21.1. The fourth-order valence-corrected chi connectivity index (χ4v) is 6.78. The van der Waals surface area contributed by atoms with E-state index in [-0.39, 0.29) is 16.2 Å². The lowest BCUT2D eigenvalue weighted by Crippen LogP contribution is -2.53. The smallest absolute Gasteiger partial charge is 0.252 e. The summed E-state index contributed by atoms with van der Waals surface area (Å²) < 4.78 is 27.7. The Hall–Kier alpha value is -1.52. The molecule has 10 heteroatoms. The molecule has 2 aliphatic rings. The van der Waals surface area contributed by atoms with Crippen molar-refractivity contribution in [2.45, 2.75) is 23.2 Å². The summed E-state index contributed by atoms with van der Waals surface area (Å²) >= 11 is 6.95. The molecule has 4 rings (SSSR count). The number of thiophene rings is 1. The number of carbonyl (C=O) groups excluding carboxylic acids is 1. The molecule has 0 aromatic carbocycles. The number of rotatable bonds is 5. The fraction of sp³-hybridized carbons (Fsp3) is 0.444. The highest BCUT2D eigenvalue weighted by molar-refractivity contribution is 7.91. The van der Waals surface area contributed by atoms with Crippen molar-refractivity contribution in [3.63, 3.8) is 0 Å². The molecule has 2 fully saturated rings. The number of hydrogen-bond donors (Lipinski definition) is 0. The van der Waals surface area contributed by atoms with Crippen molar-refractivity contribution < 1.29 is 13.2 Å². The molecule has 2 aromatic heterocycles. The van der Waals surface area contributed by atoms with Crippen LogP contribution in [0.1, 0.15) is 12.1 Å². The Bertz CT molecular complexity index is 943. The number of sulfonamides is 1. The van der Waals surface area contributed by atoms with Crippen LogP contribution < -0.4 is 0 Å². The lowest BCUT2D eigenvalue weighted by atomic mass is 10.2. The molecule has 1 amide bonds. The Morgan fingerprint density at radius 3 is 2.54 bits per heavy atom. The summed E-state index contributed by atoms with van der Waals surface area (Å²) in [7, 11) is -3.52. The highest BCUT2D eigenvalue weighted by Gasteiger charge is 2.39. The predicted molar refractivity (Wildman–Crippen MR) is 108 cm³/mol. The van der Waals surface area contributed by atoms with Gasteiger partial charge in [-0.2, -0.15) is 4.31 Å². The lowest BCUT2D eigenvalue weighted by molar-refractivity contribution is -0.133. The van der Waals surface area contributed by atoms with Crippen molar-refractivity contribution in [3.05, 3.63) is 46.6 Å². The number of pyridine rings is 1. The molecular formula is C18H21ClN4O3S2. The van der Waals surface area contributed by atoms with Crippen molar-refractivity contribution in [2.75, 3.05) is 32.7 Å². The van der Waals surface area contributed by atoms with Gasteiger partial charge in [0.2, 0.25) is 5.91 Å². The molecule has 0 aliphatic carbocycles. The van der Waals surface area contributed by atoms with Crippen LogP contribution in [0, 0.1) is 0 Å². The molecule has 0 saturated carbocycles. The summed E-state index contributed by atoms with van der Waals surface area (Å²) in [6, 6.07) is 8.66. The second-order valence-electron chi connectivity index (χ2n) is 6.88. The van der Waals surface area contributed by atoms with Gasteiger partial charge in [0.25, 0.3) is 10.0 Å². The summed E-state index contributed by atoms with van der Waals surface area (Å²) in [6.07, 6.45) is 2.49. The molecule has 1 atom stereocenters. The van der Waals surface area contributed by atoms with Gasteiger partial charge >= 0.3 is 0 Å². The Kier molecular flexibility index (Phi) is 5.71. The molecule has 0 radical (unpaired) electrons. The second-order valence-corrected chi connectivity index (χ2v) is 10.8. The van der Waals surface area contributed by atoms with Crippen LogP contribution in [-0.4, -0.2) is 72.2 Å². The van der Waals surface area contributed by atoms with Gasteiger partial charge in [-0.05, 0) is 30.7 Å². The number of nitrogens with zero attached hydrogens (tertiary/aromatic N) is 4. The second kappa shape index (κ2) is 8.08. The average Bonchev–Trinajstić information content (AvgIpc) is 3.30. The Morgan fingerprint density at radius 2 is 1.89 bits per heavy atom. The minimum atomic E-state index is -3.52. The van der Waals surface area contributed by atoms with Crippen LogP contribution in [0.15, 0.2) is 40.7 Å². The predicted octanol–water partition coefficient (Wildman–Crippen LogP) is 1.90. The van der Waals surface area contributed by atoms with Crippen molar-refractivity contribution in [3.8, 4) is 0 Å². The van der Waals surface area contributed by atoms with Gasteiger partial charge in [0.05, 0.1) is 22.6 Å². The maximum atomic E-state index is 12.8. The topological polar surface area (TPSA) is 73.8 Å². The summed E-state index contributed by atoms with van der Waals surface area (Å²) in [5.41, 5.74) is 0.877. The Morgan fingerprint density at radius 1 is 1.11 bits per heavy atom. The number of hydrogen-bond acceptors (Lipinski definition) is 6. The van der Waals surface area contributed by atoms with Gasteiger partial charge in [-0.1, -0.05) is 17.7 Å². The molecule has 2 aliphatic heterocycles. The number of likely N-dealkylation sites (tertiary alicyclic amines) is 1. The average molecular weight is 441 g/mol. The third kappa shape index (κ3) is 3.95. The zero-order valence-electron chi connectivity index (χ0n) is 15.2. The van der Waals surface area contributed by atoms with E-state index in [1.54, 1.807) is 18.3 Å². The van der Waals surface area contributed by atoms with Crippen LogP contribution in [0.4, 0.5) is 0 Å². The minimum Gasteiger partial charge on any atom is -0.335 e. The SMILES string of the molecule is O=C1C(N2CCN(S(=O)(=O)c3ccc(Cl)s3)CC2)CCN1Cc1ccccn1. The minimum absolute atomic E-state index is 0.104. The van der Waals surface area contributed by atoms with Gasteiger partial charge in [0, 0.05) is 38.9 Å². The maximum absolute atomic E-state index is 12.8. The van der Waals surface area contributed by atoms with Crippen LogP contribution in [-0.2, 0) is 21.4 Å². The maximum Gasteiger partial charge on any atom is 0.252 e. The number of piperazine rings is 1. The summed E-state index contributed by atoms with van der Waals surface area (Å²) in [6.45, 7) is 3.07. The van der Waals surface area contributed by atoms with Crippen LogP contribution in [0.25, 0.3) is 0 Å². The quantitative estimate of drug-likeness (QED) is 0.710. The van der Waals surface area contributed by atoms with Crippen molar-refractivity contribution in [2.24, 2.45) is 0 Å². The van der Waals surface area contributed by atoms with E-state index in [1.807, 2.05) is 23.1 Å². The monoisotopic (exact) mass is 440 g/mol. The van der Waals surface area contributed by atoms with Crippen LogP contribution in [0.3, 0.4) is 0 Å². The Balaban J connectivity index is 1.36. The van der Waals surface area contributed by atoms with Crippen molar-refractivity contribution in [1.29, 1.82) is 0 Å². The van der Waals surface area contributed by atoms with Crippen molar-refractivity contribution >= 4 is 38.9 Å². The first-order valence-electron chi connectivity index (χ1n) is 9.13. The Labute approximate surface area is 173 Å². The van der Waals surface area contributed by atoms with Gasteiger partial charge < -0.3 is 4.90 Å². The molecular weight excluding hydrogens is 420 g/mol. The molecule has 28 heavy (non-hydrogen) atoms. The molecule has 2 saturated heterocycles. The lowest BCUT2D eigenvalue weighted by Gasteiger charge is -2.36. The van der Waals surface area contributed by atoms with Gasteiger partial charge in [-0.25, -0.2) is 8.42 Å². The zero-order chi connectivity index (χ0) is 19.7. The molecule has 1 unspecified atom stereocenters. The van der Waals surface area contributed by atoms with Crippen molar-refractivity contribution in [1.82, 2.24) is 19.1 Å². The van der Waals surface area contributed by atoms with Gasteiger partial charge in [-0.3, -0.25) is 14.7 Å². The molecule has 7 nitrogen and oxygen atoms in total. The van der Waals surface area contributed by atoms with Crippen LogP contribution in [0.2, 0.25) is 4.34 Å². The molecule has 0 spiro atoms. The number of halogens is 1. The summed E-state index contributed by atoms with van der Waals surface area (Å²) in [5, 5.41) is 0. The number of amides is 1. The van der Waals surface area contributed by atoms with Crippen LogP contribution >= 0.6 is 22.9 Å². The third-order valence-electron chi connectivity index (χ3n) is 5.20. The van der Waals surface area contributed by atoms with Gasteiger partial charge in [0.1, 0.15) is 4.21 Å². The number of carbonyl (C=O) groups is 1. The number of aromatic nitrogens is 1. The standard InChI is InChI=1S/C18H21ClN4O3S2/c19-16-4-5-17(27-16)28(25,26)23-11-9-21(10-12-23)15-6-8-22(18(15)24)13-14-3-1-2-7-20-14/h1-5,7,15H,6,8-13H2. The van der Waals surface area contributed by atoms with E-state index >= 15 is 0 Å². The molecule has 4 heterocycles. The zero-order valence-corrected chi connectivity index (χ0v) is 17.6. The van der Waals surface area contributed by atoms with E-state index in [9.17, 15) is 13.2 Å². The first kappa shape index (κ1) is 19.8.